The van der Waals surface area contributed by atoms with Crippen molar-refractivity contribution < 1.29 is 14.6 Å². The van der Waals surface area contributed by atoms with E-state index >= 15 is 0 Å². The molecule has 0 aromatic rings. The summed E-state index contributed by atoms with van der Waals surface area (Å²) in [5, 5.41) is 9.32. The lowest BCUT2D eigenvalue weighted by atomic mass is 10.1. The molecule has 0 rings (SSSR count). The standard InChI is InChI=1S/C22H38O3/c1-3-5-6-7-8-9-10-11-12-13-14-15-16-17-18-19-22(24)25-20-21(23)4-2/h5-6,8-9,11-12,21,23H,3-4,7,10,13-20H2,1-2H3/b6-5-,9-8-,12-11-. The number of ether oxygens (including phenoxy) is 1. The monoisotopic (exact) mass is 350 g/mol. The molecule has 0 amide bonds. The summed E-state index contributed by atoms with van der Waals surface area (Å²) < 4.78 is 5.01. The summed E-state index contributed by atoms with van der Waals surface area (Å²) in [6, 6.07) is 0. The summed E-state index contributed by atoms with van der Waals surface area (Å²) >= 11 is 0. The predicted octanol–water partition coefficient (Wildman–Crippen LogP) is 5.89. The fraction of sp³-hybridized carbons (Fsp3) is 0.682. The quantitative estimate of drug-likeness (QED) is 0.214. The Balaban J connectivity index is 3.34. The summed E-state index contributed by atoms with van der Waals surface area (Å²) in [6.07, 6.45) is 23.8. The Morgan fingerprint density at radius 2 is 1.48 bits per heavy atom. The van der Waals surface area contributed by atoms with E-state index in [0.717, 1.165) is 38.5 Å². The topological polar surface area (TPSA) is 46.5 Å². The van der Waals surface area contributed by atoms with Crippen LogP contribution >= 0.6 is 0 Å². The number of esters is 1. The van der Waals surface area contributed by atoms with Gasteiger partial charge in [0, 0.05) is 6.42 Å². The minimum Gasteiger partial charge on any atom is -0.463 e. The molecular weight excluding hydrogens is 312 g/mol. The molecule has 0 aromatic carbocycles. The van der Waals surface area contributed by atoms with Gasteiger partial charge in [-0.1, -0.05) is 69.6 Å². The smallest absolute Gasteiger partial charge is 0.305 e. The largest absolute Gasteiger partial charge is 0.463 e. The number of hydrogen-bond acceptors (Lipinski definition) is 3. The molecule has 0 aromatic heterocycles. The van der Waals surface area contributed by atoms with Crippen molar-refractivity contribution >= 4 is 5.97 Å². The maximum atomic E-state index is 11.4. The zero-order chi connectivity index (χ0) is 18.6. The van der Waals surface area contributed by atoms with Crippen molar-refractivity contribution in [2.24, 2.45) is 0 Å². The first kappa shape index (κ1) is 23.6. The van der Waals surface area contributed by atoms with Gasteiger partial charge >= 0.3 is 5.97 Å². The van der Waals surface area contributed by atoms with E-state index in [1.165, 1.54) is 19.3 Å². The summed E-state index contributed by atoms with van der Waals surface area (Å²) in [5.41, 5.74) is 0. The van der Waals surface area contributed by atoms with Gasteiger partial charge in [-0.3, -0.25) is 4.79 Å². The van der Waals surface area contributed by atoms with E-state index in [-0.39, 0.29) is 12.6 Å². The average molecular weight is 351 g/mol. The van der Waals surface area contributed by atoms with Crippen molar-refractivity contribution in [2.45, 2.75) is 90.6 Å². The van der Waals surface area contributed by atoms with Gasteiger partial charge in [-0.2, -0.15) is 0 Å². The van der Waals surface area contributed by atoms with Gasteiger partial charge in [0.1, 0.15) is 6.61 Å². The van der Waals surface area contributed by atoms with Gasteiger partial charge in [-0.15, -0.1) is 0 Å². The van der Waals surface area contributed by atoms with Crippen molar-refractivity contribution in [1.29, 1.82) is 0 Å². The molecule has 0 heterocycles. The van der Waals surface area contributed by atoms with Crippen LogP contribution in [0, 0.1) is 0 Å². The van der Waals surface area contributed by atoms with Gasteiger partial charge in [-0.05, 0) is 44.9 Å². The highest BCUT2D eigenvalue weighted by atomic mass is 16.5. The lowest BCUT2D eigenvalue weighted by molar-refractivity contribution is -0.146. The zero-order valence-corrected chi connectivity index (χ0v) is 16.3. The molecule has 0 saturated heterocycles. The molecule has 25 heavy (non-hydrogen) atoms. The van der Waals surface area contributed by atoms with Crippen LogP contribution in [0.1, 0.15) is 84.5 Å². The van der Waals surface area contributed by atoms with Crippen LogP contribution in [0.5, 0.6) is 0 Å². The van der Waals surface area contributed by atoms with Gasteiger partial charge in [0.25, 0.3) is 0 Å². The maximum Gasteiger partial charge on any atom is 0.305 e. The molecule has 0 aliphatic heterocycles. The molecule has 1 N–H and O–H groups in total. The lowest BCUT2D eigenvalue weighted by Crippen LogP contribution is -2.17. The Morgan fingerprint density at radius 3 is 2.16 bits per heavy atom. The van der Waals surface area contributed by atoms with E-state index in [0.29, 0.717) is 12.8 Å². The molecule has 1 atom stereocenters. The van der Waals surface area contributed by atoms with Crippen molar-refractivity contribution in [3.8, 4) is 0 Å². The van der Waals surface area contributed by atoms with Crippen LogP contribution in [-0.2, 0) is 9.53 Å². The van der Waals surface area contributed by atoms with Crippen molar-refractivity contribution in [3.05, 3.63) is 36.5 Å². The maximum absolute atomic E-state index is 11.4. The summed E-state index contributed by atoms with van der Waals surface area (Å²) in [4.78, 5) is 11.4. The van der Waals surface area contributed by atoms with E-state index in [4.69, 9.17) is 4.74 Å². The molecule has 144 valence electrons. The SMILES string of the molecule is CC/C=C\C/C=C\C/C=C\CCCCCCCC(=O)OCC(O)CC. The van der Waals surface area contributed by atoms with Crippen molar-refractivity contribution in [2.75, 3.05) is 6.61 Å². The molecule has 0 aliphatic carbocycles. The zero-order valence-electron chi connectivity index (χ0n) is 16.3. The van der Waals surface area contributed by atoms with Gasteiger partial charge in [-0.25, -0.2) is 0 Å². The number of carbonyl (C=O) groups is 1. The minimum atomic E-state index is -0.523. The lowest BCUT2D eigenvalue weighted by Gasteiger charge is -2.08. The molecule has 0 bridgehead atoms. The van der Waals surface area contributed by atoms with Crippen LogP contribution in [0.3, 0.4) is 0 Å². The van der Waals surface area contributed by atoms with Crippen LogP contribution in [0.15, 0.2) is 36.5 Å². The second-order valence-electron chi connectivity index (χ2n) is 6.35. The fourth-order valence-corrected chi connectivity index (χ4v) is 2.27. The second-order valence-corrected chi connectivity index (χ2v) is 6.35. The number of rotatable bonds is 16. The first-order chi connectivity index (χ1) is 12.2. The third kappa shape index (κ3) is 18.8. The minimum absolute atomic E-state index is 0.131. The highest BCUT2D eigenvalue weighted by Gasteiger charge is 2.06. The van der Waals surface area contributed by atoms with Crippen LogP contribution in [0.2, 0.25) is 0 Å². The molecular formula is C22H38O3. The molecule has 3 nitrogen and oxygen atoms in total. The number of unbranched alkanes of at least 4 members (excludes halogenated alkanes) is 5. The second kappa shape index (κ2) is 19.0. The Kier molecular flexibility index (Phi) is 18.0. The Hall–Kier alpha value is -1.35. The molecule has 0 aliphatic rings. The average Bonchev–Trinajstić information content (AvgIpc) is 2.62. The third-order valence-electron chi connectivity index (χ3n) is 3.94. The van der Waals surface area contributed by atoms with Crippen LogP contribution < -0.4 is 0 Å². The van der Waals surface area contributed by atoms with E-state index in [1.807, 2.05) is 6.92 Å². The van der Waals surface area contributed by atoms with Gasteiger partial charge < -0.3 is 9.84 Å². The number of allylic oxidation sites excluding steroid dienone is 6. The number of hydrogen-bond donors (Lipinski definition) is 1. The molecule has 0 fully saturated rings. The van der Waals surface area contributed by atoms with E-state index in [2.05, 4.69) is 43.4 Å². The highest BCUT2D eigenvalue weighted by molar-refractivity contribution is 5.69. The Labute approximate surface area is 154 Å². The molecule has 0 saturated carbocycles. The van der Waals surface area contributed by atoms with E-state index in [9.17, 15) is 9.90 Å². The highest BCUT2D eigenvalue weighted by Crippen LogP contribution is 2.08. The molecule has 0 radical (unpaired) electrons. The van der Waals surface area contributed by atoms with Crippen molar-refractivity contribution in [1.82, 2.24) is 0 Å². The summed E-state index contributed by atoms with van der Waals surface area (Å²) in [6.45, 7) is 4.15. The summed E-state index contributed by atoms with van der Waals surface area (Å²) in [7, 11) is 0. The van der Waals surface area contributed by atoms with E-state index < -0.39 is 6.10 Å². The first-order valence-corrected chi connectivity index (χ1v) is 9.99. The van der Waals surface area contributed by atoms with Crippen LogP contribution in [-0.4, -0.2) is 23.8 Å². The number of aliphatic hydroxyl groups excluding tert-OH is 1. The fourth-order valence-electron chi connectivity index (χ4n) is 2.27. The Bertz CT molecular complexity index is 383. The van der Waals surface area contributed by atoms with Gasteiger partial charge in [0.15, 0.2) is 0 Å². The van der Waals surface area contributed by atoms with Crippen molar-refractivity contribution in [3.63, 3.8) is 0 Å². The molecule has 3 heteroatoms. The number of carbonyl (C=O) groups excluding carboxylic acids is 1. The predicted molar refractivity (Wildman–Crippen MR) is 107 cm³/mol. The first-order valence-electron chi connectivity index (χ1n) is 9.99. The normalized spacial score (nSPS) is 13.2. The molecule has 0 spiro atoms. The van der Waals surface area contributed by atoms with Gasteiger partial charge in [0.05, 0.1) is 6.10 Å². The van der Waals surface area contributed by atoms with Crippen LogP contribution in [0.4, 0.5) is 0 Å². The van der Waals surface area contributed by atoms with E-state index in [1.54, 1.807) is 0 Å². The Morgan fingerprint density at radius 1 is 0.880 bits per heavy atom. The third-order valence-corrected chi connectivity index (χ3v) is 3.94. The number of aliphatic hydroxyl groups is 1. The van der Waals surface area contributed by atoms with Crippen LogP contribution in [0.25, 0.3) is 0 Å². The van der Waals surface area contributed by atoms with Gasteiger partial charge in [0.2, 0.25) is 0 Å². The molecule has 1 unspecified atom stereocenters. The summed E-state index contributed by atoms with van der Waals surface area (Å²) in [5.74, 6) is -0.186.